The second-order valence-electron chi connectivity index (χ2n) is 8.28. The Morgan fingerprint density at radius 1 is 1.06 bits per heavy atom. The van der Waals surface area contributed by atoms with Crippen LogP contribution < -0.4 is 5.32 Å². The molecule has 6 aromatic rings. The van der Waals surface area contributed by atoms with Gasteiger partial charge in [0, 0.05) is 51.4 Å². The van der Waals surface area contributed by atoms with E-state index in [1.807, 2.05) is 37.4 Å². The van der Waals surface area contributed by atoms with E-state index in [1.54, 1.807) is 46.6 Å². The molecule has 0 radical (unpaired) electrons. The van der Waals surface area contributed by atoms with Gasteiger partial charge in [0.05, 0.1) is 16.0 Å². The molecular formula is C26H18ClN5O2S. The highest BCUT2D eigenvalue weighted by Gasteiger charge is 2.17. The fourth-order valence-corrected chi connectivity index (χ4v) is 5.65. The van der Waals surface area contributed by atoms with Crippen molar-refractivity contribution in [1.29, 1.82) is 0 Å². The monoisotopic (exact) mass is 499 g/mol. The number of hydrogen-bond donors (Lipinski definition) is 2. The van der Waals surface area contributed by atoms with E-state index in [2.05, 4.69) is 17.2 Å². The number of benzene rings is 2. The third-order valence-corrected chi connectivity index (χ3v) is 7.63. The highest BCUT2D eigenvalue weighted by molar-refractivity contribution is 7.22. The fourth-order valence-electron chi connectivity index (χ4n) is 4.33. The summed E-state index contributed by atoms with van der Waals surface area (Å²) in [5.74, 6) is 0.367. The molecule has 7 nitrogen and oxygen atoms in total. The van der Waals surface area contributed by atoms with Gasteiger partial charge < -0.3 is 10.4 Å². The van der Waals surface area contributed by atoms with Gasteiger partial charge in [0.1, 0.15) is 17.3 Å². The van der Waals surface area contributed by atoms with Gasteiger partial charge in [0.25, 0.3) is 0 Å². The lowest BCUT2D eigenvalue weighted by molar-refractivity contribution is 0.0697. The standard InChI is InChI=1S/C26H18ClN5O2S/c1-13-18-10-15(27)4-6-22(18)35-24(13)21-11-23(32(2)31-21)30-25-17-7-8-28-12-19(17)16-5-3-14(26(33)34)9-20(16)29-25/h3-12H,1-2H3,(H,29,30)(H,33,34). The third kappa shape index (κ3) is 3.58. The Morgan fingerprint density at radius 3 is 2.74 bits per heavy atom. The molecule has 2 N–H and O–H groups in total. The van der Waals surface area contributed by atoms with E-state index in [9.17, 15) is 9.90 Å². The first-order chi connectivity index (χ1) is 16.9. The number of carboxylic acids is 1. The summed E-state index contributed by atoms with van der Waals surface area (Å²) in [5.41, 5.74) is 2.75. The predicted molar refractivity (Wildman–Crippen MR) is 141 cm³/mol. The van der Waals surface area contributed by atoms with Gasteiger partial charge in [-0.25, -0.2) is 9.78 Å². The first-order valence-corrected chi connectivity index (χ1v) is 12.0. The predicted octanol–water partition coefficient (Wildman–Crippen LogP) is 6.80. The number of thiophene rings is 1. The van der Waals surface area contributed by atoms with Crippen LogP contribution in [0.5, 0.6) is 0 Å². The van der Waals surface area contributed by atoms with Crippen molar-refractivity contribution in [3.8, 4) is 10.6 Å². The van der Waals surface area contributed by atoms with Crippen LogP contribution in [0.1, 0.15) is 15.9 Å². The molecule has 35 heavy (non-hydrogen) atoms. The van der Waals surface area contributed by atoms with Crippen molar-refractivity contribution >= 4 is 72.3 Å². The maximum absolute atomic E-state index is 11.5. The number of aryl methyl sites for hydroxylation is 2. The van der Waals surface area contributed by atoms with Gasteiger partial charge in [0.2, 0.25) is 0 Å². The average Bonchev–Trinajstić information content (AvgIpc) is 3.37. The zero-order chi connectivity index (χ0) is 24.3. The number of rotatable bonds is 4. The molecule has 0 atom stereocenters. The van der Waals surface area contributed by atoms with E-state index in [4.69, 9.17) is 21.7 Å². The average molecular weight is 500 g/mol. The number of aromatic carboxylic acids is 1. The van der Waals surface area contributed by atoms with Crippen molar-refractivity contribution in [1.82, 2.24) is 19.7 Å². The molecule has 0 saturated carbocycles. The number of pyridine rings is 2. The van der Waals surface area contributed by atoms with Crippen molar-refractivity contribution < 1.29 is 9.90 Å². The second kappa shape index (κ2) is 8.04. The zero-order valence-corrected chi connectivity index (χ0v) is 20.3. The van der Waals surface area contributed by atoms with Gasteiger partial charge in [-0.2, -0.15) is 5.10 Å². The normalized spacial score (nSPS) is 11.5. The van der Waals surface area contributed by atoms with Crippen LogP contribution in [0.15, 0.2) is 60.9 Å². The van der Waals surface area contributed by atoms with Crippen LogP contribution in [0, 0.1) is 6.92 Å². The van der Waals surface area contributed by atoms with Crippen LogP contribution in [-0.2, 0) is 7.05 Å². The quantitative estimate of drug-likeness (QED) is 0.259. The number of carboxylic acid groups (broad SMARTS) is 1. The van der Waals surface area contributed by atoms with Crippen LogP contribution in [0.2, 0.25) is 5.02 Å². The van der Waals surface area contributed by atoms with Gasteiger partial charge >= 0.3 is 5.97 Å². The van der Waals surface area contributed by atoms with Gasteiger partial charge in [0.15, 0.2) is 0 Å². The summed E-state index contributed by atoms with van der Waals surface area (Å²) in [7, 11) is 1.87. The molecule has 0 spiro atoms. The smallest absolute Gasteiger partial charge is 0.335 e. The van der Waals surface area contributed by atoms with Crippen LogP contribution in [-0.4, -0.2) is 30.8 Å². The van der Waals surface area contributed by atoms with Crippen LogP contribution in [0.4, 0.5) is 11.6 Å². The lowest BCUT2D eigenvalue weighted by atomic mass is 10.1. The number of nitrogens with one attached hydrogen (secondary N) is 1. The van der Waals surface area contributed by atoms with Crippen molar-refractivity contribution in [2.75, 3.05) is 5.32 Å². The Kier molecular flexibility index (Phi) is 4.94. The number of hydrogen-bond acceptors (Lipinski definition) is 6. The van der Waals surface area contributed by atoms with E-state index in [-0.39, 0.29) is 5.56 Å². The Balaban J connectivity index is 1.47. The highest BCUT2D eigenvalue weighted by Crippen LogP contribution is 2.40. The van der Waals surface area contributed by atoms with Crippen molar-refractivity contribution in [3.05, 3.63) is 77.1 Å². The molecule has 172 valence electrons. The topological polar surface area (TPSA) is 92.9 Å². The molecule has 2 aromatic carbocycles. The summed E-state index contributed by atoms with van der Waals surface area (Å²) in [5, 5.41) is 22.0. The summed E-state index contributed by atoms with van der Waals surface area (Å²) >= 11 is 7.89. The van der Waals surface area contributed by atoms with E-state index in [0.29, 0.717) is 16.4 Å². The van der Waals surface area contributed by atoms with Crippen molar-refractivity contribution in [2.24, 2.45) is 7.05 Å². The Bertz CT molecular complexity index is 1810. The van der Waals surface area contributed by atoms with Crippen LogP contribution >= 0.6 is 22.9 Å². The summed E-state index contributed by atoms with van der Waals surface area (Å²) in [6, 6.07) is 14.7. The van der Waals surface area contributed by atoms with Crippen LogP contribution in [0.25, 0.3) is 42.3 Å². The summed E-state index contributed by atoms with van der Waals surface area (Å²) in [6.07, 6.45) is 3.48. The third-order valence-electron chi connectivity index (χ3n) is 6.10. The first kappa shape index (κ1) is 21.5. The van der Waals surface area contributed by atoms with Gasteiger partial charge in [-0.1, -0.05) is 17.7 Å². The highest BCUT2D eigenvalue weighted by atomic mass is 35.5. The van der Waals surface area contributed by atoms with Crippen LogP contribution in [0.3, 0.4) is 0 Å². The molecule has 0 aliphatic rings. The van der Waals surface area contributed by atoms with E-state index < -0.39 is 5.97 Å². The molecular weight excluding hydrogens is 482 g/mol. The molecule has 0 aliphatic carbocycles. The minimum Gasteiger partial charge on any atom is -0.478 e. The Morgan fingerprint density at radius 2 is 1.91 bits per heavy atom. The summed E-state index contributed by atoms with van der Waals surface area (Å²) < 4.78 is 2.93. The summed E-state index contributed by atoms with van der Waals surface area (Å²) in [4.78, 5) is 21.6. The van der Waals surface area contributed by atoms with Gasteiger partial charge in [-0.3, -0.25) is 9.67 Å². The minimum atomic E-state index is -0.995. The molecule has 0 aliphatic heterocycles. The summed E-state index contributed by atoms with van der Waals surface area (Å²) in [6.45, 7) is 2.08. The Hall–Kier alpha value is -4.01. The zero-order valence-electron chi connectivity index (χ0n) is 18.7. The number of carbonyl (C=O) groups is 1. The molecule has 0 fully saturated rings. The maximum Gasteiger partial charge on any atom is 0.335 e. The minimum absolute atomic E-state index is 0.183. The van der Waals surface area contributed by atoms with Crippen molar-refractivity contribution in [2.45, 2.75) is 6.92 Å². The number of halogens is 1. The van der Waals surface area contributed by atoms with Gasteiger partial charge in [-0.15, -0.1) is 11.3 Å². The van der Waals surface area contributed by atoms with Gasteiger partial charge in [-0.05, 0) is 54.3 Å². The van der Waals surface area contributed by atoms with E-state index in [1.165, 1.54) is 0 Å². The lowest BCUT2D eigenvalue weighted by Crippen LogP contribution is -2.02. The van der Waals surface area contributed by atoms with E-state index in [0.717, 1.165) is 48.2 Å². The number of anilines is 2. The molecule has 0 amide bonds. The molecule has 0 saturated heterocycles. The number of aromatic nitrogens is 4. The Labute approximate surface area is 208 Å². The second-order valence-corrected chi connectivity index (χ2v) is 9.77. The molecule has 0 bridgehead atoms. The molecule has 4 heterocycles. The molecule has 6 rings (SSSR count). The SMILES string of the molecule is Cc1c(-c2cc(Nc3nc4cc(C(=O)O)ccc4c4cnccc34)n(C)n2)sc2ccc(Cl)cc12. The largest absolute Gasteiger partial charge is 0.478 e. The number of nitrogens with zero attached hydrogens (tertiary/aromatic N) is 4. The van der Waals surface area contributed by atoms with E-state index >= 15 is 0 Å². The van der Waals surface area contributed by atoms with Crippen molar-refractivity contribution in [3.63, 3.8) is 0 Å². The molecule has 0 unspecified atom stereocenters. The first-order valence-electron chi connectivity index (χ1n) is 10.8. The maximum atomic E-state index is 11.5. The lowest BCUT2D eigenvalue weighted by Gasteiger charge is -2.11. The molecule has 4 aromatic heterocycles. The molecule has 9 heteroatoms. The fraction of sp³-hybridized carbons (Fsp3) is 0.0769. The number of fused-ring (bicyclic) bond motifs is 4.